The average Bonchev–Trinajstić information content (AvgIpc) is 2.35. The Bertz CT molecular complexity index is 549. The number of rotatable bonds is 7. The minimum absolute atomic E-state index is 0.0498. The molecule has 0 aromatic heterocycles. The Morgan fingerprint density at radius 1 is 1.25 bits per heavy atom. The monoisotopic (exact) mass is 299 g/mol. The van der Waals surface area contributed by atoms with Gasteiger partial charge in [-0.15, -0.1) is 0 Å². The Morgan fingerprint density at radius 3 is 2.25 bits per heavy atom. The van der Waals surface area contributed by atoms with E-state index in [1.54, 1.807) is 30.9 Å². The largest absolute Gasteiger partial charge is 0.480 e. The molecule has 0 aliphatic heterocycles. The molecule has 112 valence electrons. The SMILES string of the molecule is Cc1ccc(N(CCS(=O)(=O)C(C)C)CC(=O)O)cc1. The molecule has 0 atom stereocenters. The summed E-state index contributed by atoms with van der Waals surface area (Å²) in [6.45, 7) is 5.16. The molecule has 0 saturated heterocycles. The van der Waals surface area contributed by atoms with Crippen molar-refractivity contribution in [3.63, 3.8) is 0 Å². The maximum Gasteiger partial charge on any atom is 0.323 e. The lowest BCUT2D eigenvalue weighted by molar-refractivity contribution is -0.135. The van der Waals surface area contributed by atoms with Gasteiger partial charge in [0.15, 0.2) is 9.84 Å². The number of hydrogen-bond acceptors (Lipinski definition) is 4. The average molecular weight is 299 g/mol. The number of aryl methyl sites for hydroxylation is 1. The van der Waals surface area contributed by atoms with Crippen molar-refractivity contribution >= 4 is 21.5 Å². The van der Waals surface area contributed by atoms with E-state index in [0.717, 1.165) is 11.3 Å². The van der Waals surface area contributed by atoms with Gasteiger partial charge in [-0.05, 0) is 32.9 Å². The highest BCUT2D eigenvalue weighted by atomic mass is 32.2. The van der Waals surface area contributed by atoms with Crippen molar-refractivity contribution in [2.45, 2.75) is 26.0 Å². The third-order valence-electron chi connectivity index (χ3n) is 3.09. The number of hydrogen-bond donors (Lipinski definition) is 1. The summed E-state index contributed by atoms with van der Waals surface area (Å²) in [6, 6.07) is 7.36. The molecule has 1 N–H and O–H groups in total. The number of benzene rings is 1. The van der Waals surface area contributed by atoms with Crippen molar-refractivity contribution in [3.05, 3.63) is 29.8 Å². The van der Waals surface area contributed by atoms with Crippen molar-refractivity contribution in [2.24, 2.45) is 0 Å². The molecule has 20 heavy (non-hydrogen) atoms. The van der Waals surface area contributed by atoms with Crippen molar-refractivity contribution in [1.82, 2.24) is 0 Å². The second-order valence-corrected chi connectivity index (χ2v) is 7.74. The molecule has 0 fully saturated rings. The summed E-state index contributed by atoms with van der Waals surface area (Å²) in [5, 5.41) is 8.50. The summed E-state index contributed by atoms with van der Waals surface area (Å²) in [7, 11) is -3.18. The van der Waals surface area contributed by atoms with Crippen LogP contribution >= 0.6 is 0 Å². The van der Waals surface area contributed by atoms with Crippen LogP contribution < -0.4 is 4.90 Å². The van der Waals surface area contributed by atoms with Gasteiger partial charge in [-0.25, -0.2) is 8.42 Å². The molecular weight excluding hydrogens is 278 g/mol. The summed E-state index contributed by atoms with van der Waals surface area (Å²) < 4.78 is 23.7. The van der Waals surface area contributed by atoms with Gasteiger partial charge in [0, 0.05) is 12.2 Å². The summed E-state index contributed by atoms with van der Waals surface area (Å²) in [4.78, 5) is 12.5. The third-order valence-corrected chi connectivity index (χ3v) is 5.28. The molecule has 0 heterocycles. The maximum atomic E-state index is 11.8. The van der Waals surface area contributed by atoms with E-state index in [4.69, 9.17) is 5.11 Å². The molecule has 1 aromatic carbocycles. The molecule has 1 aromatic rings. The number of carbonyl (C=O) groups is 1. The Hall–Kier alpha value is -1.56. The van der Waals surface area contributed by atoms with E-state index in [2.05, 4.69) is 0 Å². The highest BCUT2D eigenvalue weighted by Crippen LogP contribution is 2.15. The van der Waals surface area contributed by atoms with Gasteiger partial charge in [0.25, 0.3) is 0 Å². The van der Waals surface area contributed by atoms with Crippen LogP contribution in [0.1, 0.15) is 19.4 Å². The second kappa shape index (κ2) is 6.74. The van der Waals surface area contributed by atoms with Crippen LogP contribution in [0.5, 0.6) is 0 Å². The van der Waals surface area contributed by atoms with Crippen LogP contribution in [0.25, 0.3) is 0 Å². The van der Waals surface area contributed by atoms with Gasteiger partial charge in [0.1, 0.15) is 6.54 Å². The zero-order chi connectivity index (χ0) is 15.3. The number of aliphatic carboxylic acids is 1. The van der Waals surface area contributed by atoms with E-state index in [0.29, 0.717) is 0 Å². The summed E-state index contributed by atoms with van der Waals surface area (Å²) >= 11 is 0. The molecule has 0 unspecified atom stereocenters. The Labute approximate surface area is 120 Å². The lowest BCUT2D eigenvalue weighted by Crippen LogP contribution is -2.35. The van der Waals surface area contributed by atoms with Crippen molar-refractivity contribution in [3.8, 4) is 0 Å². The summed E-state index contributed by atoms with van der Waals surface area (Å²) in [6.07, 6.45) is 0. The first kappa shape index (κ1) is 16.5. The van der Waals surface area contributed by atoms with Crippen molar-refractivity contribution < 1.29 is 18.3 Å². The van der Waals surface area contributed by atoms with Crippen LogP contribution in [-0.4, -0.2) is 43.6 Å². The molecule has 0 amide bonds. The Morgan fingerprint density at radius 2 is 1.80 bits per heavy atom. The minimum Gasteiger partial charge on any atom is -0.480 e. The van der Waals surface area contributed by atoms with E-state index in [1.165, 1.54) is 0 Å². The molecular formula is C14H21NO4S. The molecule has 0 spiro atoms. The fourth-order valence-electron chi connectivity index (χ4n) is 1.69. The van der Waals surface area contributed by atoms with Crippen molar-refractivity contribution in [1.29, 1.82) is 0 Å². The second-order valence-electron chi connectivity index (χ2n) is 5.07. The van der Waals surface area contributed by atoms with Crippen molar-refractivity contribution in [2.75, 3.05) is 23.7 Å². The first-order valence-corrected chi connectivity index (χ1v) is 8.19. The Balaban J connectivity index is 2.85. The molecule has 1 rings (SSSR count). The van der Waals surface area contributed by atoms with Gasteiger partial charge in [0.05, 0.1) is 11.0 Å². The van der Waals surface area contributed by atoms with Gasteiger partial charge >= 0.3 is 5.97 Å². The van der Waals surface area contributed by atoms with Gasteiger partial charge in [0.2, 0.25) is 0 Å². The van der Waals surface area contributed by atoms with E-state index < -0.39 is 21.1 Å². The predicted molar refractivity (Wildman–Crippen MR) is 80.0 cm³/mol. The zero-order valence-corrected chi connectivity index (χ0v) is 12.9. The van der Waals surface area contributed by atoms with E-state index >= 15 is 0 Å². The Kier molecular flexibility index (Phi) is 5.56. The third kappa shape index (κ3) is 4.85. The van der Waals surface area contributed by atoms with Gasteiger partial charge in [-0.1, -0.05) is 17.7 Å². The molecule has 5 nitrogen and oxygen atoms in total. The lowest BCUT2D eigenvalue weighted by atomic mass is 10.2. The maximum absolute atomic E-state index is 11.8. The molecule has 0 aliphatic rings. The number of nitrogens with zero attached hydrogens (tertiary/aromatic N) is 1. The van der Waals surface area contributed by atoms with Crippen LogP contribution in [-0.2, 0) is 14.6 Å². The number of anilines is 1. The van der Waals surface area contributed by atoms with E-state index in [1.807, 2.05) is 19.1 Å². The molecule has 0 radical (unpaired) electrons. The highest BCUT2D eigenvalue weighted by molar-refractivity contribution is 7.92. The van der Waals surface area contributed by atoms with Gasteiger partial charge in [-0.3, -0.25) is 4.79 Å². The highest BCUT2D eigenvalue weighted by Gasteiger charge is 2.19. The van der Waals surface area contributed by atoms with Crippen LogP contribution in [0.15, 0.2) is 24.3 Å². The van der Waals surface area contributed by atoms with Gasteiger partial charge in [-0.2, -0.15) is 0 Å². The molecule has 0 saturated carbocycles. The van der Waals surface area contributed by atoms with E-state index in [-0.39, 0.29) is 18.8 Å². The van der Waals surface area contributed by atoms with Crippen LogP contribution in [0.3, 0.4) is 0 Å². The topological polar surface area (TPSA) is 74.7 Å². The number of carboxylic acids is 1. The number of carboxylic acid groups (broad SMARTS) is 1. The van der Waals surface area contributed by atoms with Crippen LogP contribution in [0, 0.1) is 6.92 Å². The standard InChI is InChI=1S/C14H21NO4S/c1-11(2)20(18,19)9-8-15(10-14(16)17)13-6-4-12(3)5-7-13/h4-7,11H,8-10H2,1-3H3,(H,16,17). The fraction of sp³-hybridized carbons (Fsp3) is 0.500. The lowest BCUT2D eigenvalue weighted by Gasteiger charge is -2.23. The number of sulfone groups is 1. The van der Waals surface area contributed by atoms with Gasteiger partial charge < -0.3 is 10.0 Å². The van der Waals surface area contributed by atoms with Crippen LogP contribution in [0.4, 0.5) is 5.69 Å². The normalized spacial score (nSPS) is 11.6. The van der Waals surface area contributed by atoms with E-state index in [9.17, 15) is 13.2 Å². The smallest absolute Gasteiger partial charge is 0.323 e. The molecule has 0 aliphatic carbocycles. The summed E-state index contributed by atoms with van der Waals surface area (Å²) in [5.41, 5.74) is 1.79. The quantitative estimate of drug-likeness (QED) is 0.829. The zero-order valence-electron chi connectivity index (χ0n) is 12.0. The van der Waals surface area contributed by atoms with Crippen LogP contribution in [0.2, 0.25) is 0 Å². The fourth-order valence-corrected chi connectivity index (χ4v) is 2.64. The summed E-state index contributed by atoms with van der Waals surface area (Å²) in [5.74, 6) is -1.03. The first-order chi connectivity index (χ1) is 9.22. The first-order valence-electron chi connectivity index (χ1n) is 6.47. The predicted octanol–water partition coefficient (Wildman–Crippen LogP) is 1.71. The molecule has 0 bridgehead atoms. The molecule has 6 heteroatoms. The minimum atomic E-state index is -3.18.